The number of hydrogen-bond donors (Lipinski definition) is 1. The second-order valence-electron chi connectivity index (χ2n) is 5.34. The number of carbonyl (C=O) groups is 1. The molecule has 1 N–H and O–H groups in total. The van der Waals surface area contributed by atoms with E-state index in [4.69, 9.17) is 4.84 Å². The highest BCUT2D eigenvalue weighted by Gasteiger charge is 2.31. The highest BCUT2D eigenvalue weighted by Crippen LogP contribution is 2.34. The van der Waals surface area contributed by atoms with E-state index in [9.17, 15) is 9.90 Å². The Morgan fingerprint density at radius 2 is 2.09 bits per heavy atom. The molecule has 1 unspecified atom stereocenters. The first kappa shape index (κ1) is 16.2. The topological polar surface area (TPSA) is 71.8 Å². The standard InChI is InChI=1S/C17H22N2O3/c1-3-5-14(19-22-4-2)17-15(20)10-13(11-16(17)21)12-6-8-18-9-7-12/h6-9,13,20H,3-5,10-11H2,1-2H3. The van der Waals surface area contributed by atoms with Crippen molar-refractivity contribution in [3.63, 3.8) is 0 Å². The van der Waals surface area contributed by atoms with Crippen molar-refractivity contribution in [2.45, 2.75) is 45.4 Å². The second-order valence-corrected chi connectivity index (χ2v) is 5.34. The summed E-state index contributed by atoms with van der Waals surface area (Å²) in [5.41, 5.74) is 1.92. The van der Waals surface area contributed by atoms with Gasteiger partial charge in [0.15, 0.2) is 5.78 Å². The Morgan fingerprint density at radius 3 is 2.68 bits per heavy atom. The fourth-order valence-electron chi connectivity index (χ4n) is 2.69. The summed E-state index contributed by atoms with van der Waals surface area (Å²) >= 11 is 0. The molecular formula is C17H22N2O3. The van der Waals surface area contributed by atoms with Gasteiger partial charge in [0.2, 0.25) is 0 Å². The zero-order chi connectivity index (χ0) is 15.9. The van der Waals surface area contributed by atoms with Gasteiger partial charge in [-0.15, -0.1) is 0 Å². The monoisotopic (exact) mass is 302 g/mol. The van der Waals surface area contributed by atoms with Crippen molar-refractivity contribution in [1.29, 1.82) is 0 Å². The van der Waals surface area contributed by atoms with Crippen molar-refractivity contribution in [2.24, 2.45) is 5.16 Å². The van der Waals surface area contributed by atoms with Crippen LogP contribution in [0.4, 0.5) is 0 Å². The highest BCUT2D eigenvalue weighted by molar-refractivity contribution is 6.23. The predicted octanol–water partition coefficient (Wildman–Crippen LogP) is 3.53. The number of oxime groups is 1. The van der Waals surface area contributed by atoms with Crippen LogP contribution in [-0.4, -0.2) is 28.2 Å². The average molecular weight is 302 g/mol. The molecule has 5 nitrogen and oxygen atoms in total. The Bertz CT molecular complexity index is 579. The van der Waals surface area contributed by atoms with Crippen molar-refractivity contribution in [3.8, 4) is 0 Å². The minimum atomic E-state index is -0.0718. The van der Waals surface area contributed by atoms with Crippen LogP contribution in [0, 0.1) is 0 Å². The zero-order valence-corrected chi connectivity index (χ0v) is 13.1. The summed E-state index contributed by atoms with van der Waals surface area (Å²) < 4.78 is 0. The molecule has 1 heterocycles. The number of nitrogens with zero attached hydrogens (tertiary/aromatic N) is 2. The zero-order valence-electron chi connectivity index (χ0n) is 13.1. The van der Waals surface area contributed by atoms with Gasteiger partial charge in [0.1, 0.15) is 12.4 Å². The van der Waals surface area contributed by atoms with Crippen LogP contribution in [0.5, 0.6) is 0 Å². The van der Waals surface area contributed by atoms with E-state index >= 15 is 0 Å². The van der Waals surface area contributed by atoms with Gasteiger partial charge in [-0.1, -0.05) is 18.5 Å². The number of pyridine rings is 1. The van der Waals surface area contributed by atoms with E-state index in [1.165, 1.54) is 0 Å². The number of aromatic nitrogens is 1. The number of Topliss-reactive ketones (excluding diaryl/α,β-unsaturated/α-hetero) is 1. The molecule has 1 atom stereocenters. The molecule has 0 spiro atoms. The van der Waals surface area contributed by atoms with Crippen molar-refractivity contribution < 1.29 is 14.7 Å². The van der Waals surface area contributed by atoms with Crippen LogP contribution in [0.25, 0.3) is 0 Å². The van der Waals surface area contributed by atoms with Gasteiger partial charge in [-0.25, -0.2) is 0 Å². The molecule has 0 saturated heterocycles. The van der Waals surface area contributed by atoms with Gasteiger partial charge in [-0.05, 0) is 37.0 Å². The summed E-state index contributed by atoms with van der Waals surface area (Å²) in [5, 5.41) is 14.4. The van der Waals surface area contributed by atoms with E-state index in [0.29, 0.717) is 37.2 Å². The summed E-state index contributed by atoms with van der Waals surface area (Å²) in [6, 6.07) is 3.77. The number of rotatable bonds is 6. The number of hydrogen-bond acceptors (Lipinski definition) is 5. The van der Waals surface area contributed by atoms with E-state index in [2.05, 4.69) is 10.1 Å². The molecule has 1 aromatic rings. The molecule has 0 bridgehead atoms. The van der Waals surface area contributed by atoms with Gasteiger partial charge in [-0.2, -0.15) is 0 Å². The van der Waals surface area contributed by atoms with E-state index in [0.717, 1.165) is 12.0 Å². The molecule has 1 aromatic heterocycles. The lowest BCUT2D eigenvalue weighted by Gasteiger charge is -2.24. The summed E-state index contributed by atoms with van der Waals surface area (Å²) in [5.74, 6) is 0.0386. The van der Waals surface area contributed by atoms with E-state index in [1.807, 2.05) is 26.0 Å². The largest absolute Gasteiger partial charge is 0.511 e. The number of aliphatic hydroxyl groups excluding tert-OH is 1. The molecule has 1 aliphatic carbocycles. The Kier molecular flexibility index (Phi) is 5.69. The Balaban J connectivity index is 2.27. The first-order valence-electron chi connectivity index (χ1n) is 7.71. The number of carbonyl (C=O) groups excluding carboxylic acids is 1. The molecule has 0 radical (unpaired) electrons. The van der Waals surface area contributed by atoms with Crippen LogP contribution in [0.2, 0.25) is 0 Å². The molecule has 22 heavy (non-hydrogen) atoms. The maximum Gasteiger partial charge on any atom is 0.168 e. The highest BCUT2D eigenvalue weighted by atomic mass is 16.6. The molecule has 1 aliphatic rings. The Morgan fingerprint density at radius 1 is 1.36 bits per heavy atom. The fourth-order valence-corrected chi connectivity index (χ4v) is 2.69. The van der Waals surface area contributed by atoms with Gasteiger partial charge in [-0.3, -0.25) is 9.78 Å². The molecule has 118 valence electrons. The molecule has 5 heteroatoms. The minimum absolute atomic E-state index is 0.00535. The van der Waals surface area contributed by atoms with Crippen LogP contribution < -0.4 is 0 Å². The second kappa shape index (κ2) is 7.73. The van der Waals surface area contributed by atoms with Crippen molar-refractivity contribution in [1.82, 2.24) is 4.98 Å². The first-order valence-corrected chi connectivity index (χ1v) is 7.71. The Hall–Kier alpha value is -2.17. The SMILES string of the molecule is CCCC(=NOCC)C1=C(O)CC(c2ccncc2)CC1=O. The maximum absolute atomic E-state index is 12.5. The lowest BCUT2D eigenvalue weighted by molar-refractivity contribution is -0.116. The van der Waals surface area contributed by atoms with E-state index in [1.54, 1.807) is 12.4 Å². The molecule has 0 amide bonds. The molecule has 2 rings (SSSR count). The fraction of sp³-hybridized carbons (Fsp3) is 0.471. The van der Waals surface area contributed by atoms with E-state index in [-0.39, 0.29) is 17.5 Å². The lowest BCUT2D eigenvalue weighted by Crippen LogP contribution is -2.24. The van der Waals surface area contributed by atoms with Gasteiger partial charge in [0, 0.05) is 25.2 Å². The normalized spacial score (nSPS) is 19.5. The number of allylic oxidation sites excluding steroid dienone is 2. The summed E-state index contributed by atoms with van der Waals surface area (Å²) in [7, 11) is 0. The van der Waals surface area contributed by atoms with Crippen LogP contribution in [0.15, 0.2) is 41.0 Å². The predicted molar refractivity (Wildman–Crippen MR) is 84.8 cm³/mol. The van der Waals surface area contributed by atoms with Gasteiger partial charge in [0.25, 0.3) is 0 Å². The summed E-state index contributed by atoms with van der Waals surface area (Å²) in [6.07, 6.45) is 5.68. The Labute approximate surface area is 130 Å². The summed E-state index contributed by atoms with van der Waals surface area (Å²) in [4.78, 5) is 21.6. The molecule has 0 aromatic carbocycles. The van der Waals surface area contributed by atoms with Crippen molar-refractivity contribution in [2.75, 3.05) is 6.61 Å². The van der Waals surface area contributed by atoms with Gasteiger partial charge in [0.05, 0.1) is 11.3 Å². The van der Waals surface area contributed by atoms with E-state index < -0.39 is 0 Å². The molecule has 0 fully saturated rings. The van der Waals surface area contributed by atoms with Crippen molar-refractivity contribution >= 4 is 11.5 Å². The van der Waals surface area contributed by atoms with Gasteiger partial charge >= 0.3 is 0 Å². The summed E-state index contributed by atoms with van der Waals surface area (Å²) in [6.45, 7) is 4.28. The third-order valence-corrected chi connectivity index (χ3v) is 3.70. The average Bonchev–Trinajstić information content (AvgIpc) is 2.52. The molecular weight excluding hydrogens is 280 g/mol. The molecule has 0 saturated carbocycles. The number of aliphatic hydroxyl groups is 1. The smallest absolute Gasteiger partial charge is 0.168 e. The van der Waals surface area contributed by atoms with Crippen LogP contribution >= 0.6 is 0 Å². The maximum atomic E-state index is 12.5. The number of ketones is 1. The molecule has 0 aliphatic heterocycles. The third kappa shape index (κ3) is 3.72. The minimum Gasteiger partial charge on any atom is -0.511 e. The first-order chi connectivity index (χ1) is 10.7. The van der Waals surface area contributed by atoms with Crippen molar-refractivity contribution in [3.05, 3.63) is 41.4 Å². The lowest BCUT2D eigenvalue weighted by atomic mass is 9.81. The van der Waals surface area contributed by atoms with Gasteiger partial charge < -0.3 is 9.94 Å². The van der Waals surface area contributed by atoms with Crippen LogP contribution in [0.1, 0.15) is 51.0 Å². The third-order valence-electron chi connectivity index (χ3n) is 3.70. The quantitative estimate of drug-likeness (QED) is 0.644. The van der Waals surface area contributed by atoms with Crippen LogP contribution in [-0.2, 0) is 9.63 Å². The van der Waals surface area contributed by atoms with Crippen LogP contribution in [0.3, 0.4) is 0 Å².